The van der Waals surface area contributed by atoms with Crippen LogP contribution in [0.5, 0.6) is 0 Å². The monoisotopic (exact) mass is 279 g/mol. The van der Waals surface area contributed by atoms with Gasteiger partial charge in [-0.2, -0.15) is 15.0 Å². The zero-order chi connectivity index (χ0) is 14.5. The van der Waals surface area contributed by atoms with Crippen LogP contribution in [0.2, 0.25) is 0 Å². The van der Waals surface area contributed by atoms with Gasteiger partial charge < -0.3 is 20.4 Å². The molecule has 1 aromatic heterocycles. The Hall–Kier alpha value is -1.63. The minimum absolute atomic E-state index is 0.615. The van der Waals surface area contributed by atoms with E-state index < -0.39 is 0 Å². The zero-order valence-corrected chi connectivity index (χ0v) is 12.8. The molecule has 1 saturated carbocycles. The van der Waals surface area contributed by atoms with Gasteiger partial charge in [-0.25, -0.2) is 0 Å². The molecular weight excluding hydrogens is 254 g/mol. The largest absolute Gasteiger partial charge is 0.354 e. The molecule has 7 nitrogen and oxygen atoms in total. The minimum atomic E-state index is 0.615. The number of likely N-dealkylation sites (N-methyl/N-ethyl adjacent to an activating group) is 1. The summed E-state index contributed by atoms with van der Waals surface area (Å²) in [4.78, 5) is 17.4. The van der Waals surface area contributed by atoms with Gasteiger partial charge in [0, 0.05) is 39.8 Å². The van der Waals surface area contributed by atoms with Gasteiger partial charge in [-0.05, 0) is 26.8 Å². The molecule has 0 atom stereocenters. The number of nitrogens with zero attached hydrogens (tertiary/aromatic N) is 5. The highest BCUT2D eigenvalue weighted by molar-refractivity contribution is 5.42. The highest BCUT2D eigenvalue weighted by Gasteiger charge is 2.25. The molecule has 2 rings (SSSR count). The van der Waals surface area contributed by atoms with Gasteiger partial charge in [0.25, 0.3) is 0 Å². The minimum Gasteiger partial charge on any atom is -0.354 e. The summed E-state index contributed by atoms with van der Waals surface area (Å²) in [6, 6.07) is 0.782. The fraction of sp³-hybridized carbons (Fsp3) is 0.769. The van der Waals surface area contributed by atoms with Crippen molar-refractivity contribution in [3.63, 3.8) is 0 Å². The van der Waals surface area contributed by atoms with Crippen molar-refractivity contribution in [3.05, 3.63) is 0 Å². The van der Waals surface area contributed by atoms with Crippen LogP contribution in [-0.4, -0.2) is 66.7 Å². The lowest BCUT2D eigenvalue weighted by Crippen LogP contribution is -2.27. The normalized spacial score (nSPS) is 14.4. The first kappa shape index (κ1) is 14.8. The molecule has 0 saturated heterocycles. The van der Waals surface area contributed by atoms with Gasteiger partial charge in [0.15, 0.2) is 0 Å². The van der Waals surface area contributed by atoms with Crippen molar-refractivity contribution < 1.29 is 0 Å². The molecule has 0 radical (unpaired) electrons. The zero-order valence-electron chi connectivity index (χ0n) is 12.8. The van der Waals surface area contributed by atoms with Crippen LogP contribution in [0.3, 0.4) is 0 Å². The second kappa shape index (κ2) is 6.69. The Morgan fingerprint density at radius 1 is 1.05 bits per heavy atom. The SMILES string of the molecule is CCNc1nc(NCCN(C)C2CC2)nc(N(C)C)n1. The van der Waals surface area contributed by atoms with E-state index in [1.807, 2.05) is 25.9 Å². The van der Waals surface area contributed by atoms with Gasteiger partial charge in [-0.1, -0.05) is 0 Å². The Kier molecular flexibility index (Phi) is 4.94. The molecule has 20 heavy (non-hydrogen) atoms. The van der Waals surface area contributed by atoms with E-state index in [2.05, 4.69) is 37.5 Å². The van der Waals surface area contributed by atoms with E-state index in [4.69, 9.17) is 0 Å². The highest BCUT2D eigenvalue weighted by Crippen LogP contribution is 2.24. The van der Waals surface area contributed by atoms with E-state index in [0.29, 0.717) is 17.8 Å². The van der Waals surface area contributed by atoms with E-state index in [-0.39, 0.29) is 0 Å². The lowest BCUT2D eigenvalue weighted by Gasteiger charge is -2.17. The van der Waals surface area contributed by atoms with Crippen LogP contribution in [-0.2, 0) is 0 Å². The van der Waals surface area contributed by atoms with Crippen LogP contribution in [0.15, 0.2) is 0 Å². The summed E-state index contributed by atoms with van der Waals surface area (Å²) in [6.07, 6.45) is 2.66. The van der Waals surface area contributed by atoms with Gasteiger partial charge in [0.1, 0.15) is 0 Å². The number of anilines is 3. The molecule has 1 aromatic rings. The number of nitrogens with one attached hydrogen (secondary N) is 2. The molecule has 7 heteroatoms. The quantitative estimate of drug-likeness (QED) is 0.732. The van der Waals surface area contributed by atoms with Crippen molar-refractivity contribution in [2.24, 2.45) is 0 Å². The third-order valence-electron chi connectivity index (χ3n) is 3.28. The molecule has 1 aliphatic carbocycles. The molecule has 0 spiro atoms. The van der Waals surface area contributed by atoms with Crippen LogP contribution in [0.25, 0.3) is 0 Å². The fourth-order valence-corrected chi connectivity index (χ4v) is 1.92. The molecule has 2 N–H and O–H groups in total. The molecule has 112 valence electrons. The summed E-state index contributed by atoms with van der Waals surface area (Å²) in [5.41, 5.74) is 0. The number of hydrogen-bond acceptors (Lipinski definition) is 7. The molecule has 0 aromatic carbocycles. The van der Waals surface area contributed by atoms with E-state index >= 15 is 0 Å². The highest BCUT2D eigenvalue weighted by atomic mass is 15.3. The van der Waals surface area contributed by atoms with Crippen molar-refractivity contribution in [1.29, 1.82) is 0 Å². The van der Waals surface area contributed by atoms with E-state index in [1.165, 1.54) is 12.8 Å². The number of hydrogen-bond donors (Lipinski definition) is 2. The van der Waals surface area contributed by atoms with Crippen molar-refractivity contribution in [3.8, 4) is 0 Å². The standard InChI is InChI=1S/C13H25N7/c1-5-14-11-16-12(18-13(17-11)19(2)3)15-8-9-20(4)10-6-7-10/h10H,5-9H2,1-4H3,(H2,14,15,16,17,18). The molecule has 0 amide bonds. The summed E-state index contributed by atoms with van der Waals surface area (Å²) in [7, 11) is 6.02. The second-order valence-electron chi connectivity index (χ2n) is 5.35. The van der Waals surface area contributed by atoms with Gasteiger partial charge in [-0.15, -0.1) is 0 Å². The summed E-state index contributed by atoms with van der Waals surface area (Å²) in [5, 5.41) is 6.41. The van der Waals surface area contributed by atoms with Crippen molar-refractivity contribution in [2.45, 2.75) is 25.8 Å². The third-order valence-corrected chi connectivity index (χ3v) is 3.28. The first-order valence-electron chi connectivity index (χ1n) is 7.21. The van der Waals surface area contributed by atoms with Crippen molar-refractivity contribution in [1.82, 2.24) is 19.9 Å². The van der Waals surface area contributed by atoms with Gasteiger partial charge in [-0.3, -0.25) is 0 Å². The van der Waals surface area contributed by atoms with Gasteiger partial charge in [0.2, 0.25) is 17.8 Å². The first-order valence-corrected chi connectivity index (χ1v) is 7.21. The maximum atomic E-state index is 4.41. The average Bonchev–Trinajstić information content (AvgIpc) is 3.23. The number of aromatic nitrogens is 3. The van der Waals surface area contributed by atoms with Crippen molar-refractivity contribution in [2.75, 3.05) is 56.3 Å². The third kappa shape index (κ3) is 4.19. The summed E-state index contributed by atoms with van der Waals surface area (Å²) < 4.78 is 0. The predicted octanol–water partition coefficient (Wildman–Crippen LogP) is 0.875. The van der Waals surface area contributed by atoms with Gasteiger partial charge >= 0.3 is 0 Å². The predicted molar refractivity (Wildman–Crippen MR) is 82.5 cm³/mol. The molecule has 0 unspecified atom stereocenters. The van der Waals surface area contributed by atoms with Crippen LogP contribution in [0, 0.1) is 0 Å². The summed E-state index contributed by atoms with van der Waals surface area (Å²) in [5.74, 6) is 1.90. The van der Waals surface area contributed by atoms with Crippen LogP contribution >= 0.6 is 0 Å². The van der Waals surface area contributed by atoms with Gasteiger partial charge in [0.05, 0.1) is 0 Å². The van der Waals surface area contributed by atoms with Crippen LogP contribution in [0.1, 0.15) is 19.8 Å². The van der Waals surface area contributed by atoms with E-state index in [1.54, 1.807) is 0 Å². The van der Waals surface area contributed by atoms with E-state index in [9.17, 15) is 0 Å². The van der Waals surface area contributed by atoms with Crippen LogP contribution < -0.4 is 15.5 Å². The smallest absolute Gasteiger partial charge is 0.231 e. The van der Waals surface area contributed by atoms with Crippen molar-refractivity contribution >= 4 is 17.8 Å². The second-order valence-corrected chi connectivity index (χ2v) is 5.35. The Labute approximate surface area is 120 Å². The first-order chi connectivity index (χ1) is 9.60. The Morgan fingerprint density at radius 2 is 1.70 bits per heavy atom. The molecule has 1 aliphatic rings. The lowest BCUT2D eigenvalue weighted by molar-refractivity contribution is 0.337. The summed E-state index contributed by atoms with van der Waals surface area (Å²) >= 11 is 0. The molecular formula is C13H25N7. The fourth-order valence-electron chi connectivity index (χ4n) is 1.92. The Bertz CT molecular complexity index is 431. The average molecular weight is 279 g/mol. The van der Waals surface area contributed by atoms with E-state index in [0.717, 1.165) is 25.7 Å². The van der Waals surface area contributed by atoms with Crippen LogP contribution in [0.4, 0.5) is 17.8 Å². The Balaban J connectivity index is 1.94. The Morgan fingerprint density at radius 3 is 2.25 bits per heavy atom. The molecule has 1 fully saturated rings. The lowest BCUT2D eigenvalue weighted by atomic mass is 10.5. The maximum absolute atomic E-state index is 4.41. The topological polar surface area (TPSA) is 69.2 Å². The molecule has 0 bridgehead atoms. The number of rotatable bonds is 8. The summed E-state index contributed by atoms with van der Waals surface area (Å²) in [6.45, 7) is 4.66. The maximum Gasteiger partial charge on any atom is 0.231 e. The molecule has 1 heterocycles. The molecule has 0 aliphatic heterocycles.